The van der Waals surface area contributed by atoms with Crippen molar-refractivity contribution >= 4 is 28.7 Å². The second-order valence-electron chi connectivity index (χ2n) is 8.14. The van der Waals surface area contributed by atoms with Gasteiger partial charge < -0.3 is 15.5 Å². The number of alkyl halides is 3. The molecule has 4 rings (SSSR count). The molecule has 0 unspecified atom stereocenters. The summed E-state index contributed by atoms with van der Waals surface area (Å²) < 4.78 is 39.4. The molecule has 0 atom stereocenters. The Labute approximate surface area is 187 Å². The average molecular weight is 461 g/mol. The van der Waals surface area contributed by atoms with Crippen LogP contribution >= 0.6 is 0 Å². The van der Waals surface area contributed by atoms with Gasteiger partial charge in [-0.15, -0.1) is 0 Å². The third-order valence-corrected chi connectivity index (χ3v) is 5.51. The zero-order chi connectivity index (χ0) is 23.9. The number of anilines is 1. The minimum Gasteiger partial charge on any atom is -0.368 e. The number of likely N-dealkylation sites (tertiary alicyclic amines) is 1. The summed E-state index contributed by atoms with van der Waals surface area (Å²) in [4.78, 5) is 35.0. The number of benzene rings is 1. The molecule has 0 aliphatic carbocycles. The monoisotopic (exact) mass is 461 g/mol. The lowest BCUT2D eigenvalue weighted by molar-refractivity contribution is -0.158. The number of nitrogens with zero attached hydrogens (tertiary/aromatic N) is 6. The highest BCUT2D eigenvalue weighted by Crippen LogP contribution is 2.33. The van der Waals surface area contributed by atoms with Crippen molar-refractivity contribution in [3.63, 3.8) is 0 Å². The molecule has 0 saturated carbocycles. The zero-order valence-electron chi connectivity index (χ0n) is 18.0. The molecule has 9 nitrogen and oxygen atoms in total. The molecule has 1 aromatic carbocycles. The quantitative estimate of drug-likeness (QED) is 0.622. The van der Waals surface area contributed by atoms with Gasteiger partial charge in [-0.25, -0.2) is 9.97 Å². The first-order chi connectivity index (χ1) is 15.5. The van der Waals surface area contributed by atoms with Crippen molar-refractivity contribution in [3.8, 4) is 0 Å². The average Bonchev–Trinajstić information content (AvgIpc) is 3.02. The first-order valence-electron chi connectivity index (χ1n) is 10.2. The molecule has 2 amide bonds. The van der Waals surface area contributed by atoms with E-state index in [-0.39, 0.29) is 30.0 Å². The van der Waals surface area contributed by atoms with Gasteiger partial charge in [0, 0.05) is 37.6 Å². The number of fused-ring (bicyclic) bond motifs is 1. The molecular formula is C21H22F3N7O2. The number of rotatable bonds is 5. The summed E-state index contributed by atoms with van der Waals surface area (Å²) in [5.74, 6) is -1.04. The predicted octanol–water partition coefficient (Wildman–Crippen LogP) is 1.98. The minimum absolute atomic E-state index is 0.0123. The van der Waals surface area contributed by atoms with E-state index in [9.17, 15) is 22.8 Å². The summed E-state index contributed by atoms with van der Waals surface area (Å²) in [5, 5.41) is 5.37. The maximum atomic E-state index is 12.6. The molecule has 1 aliphatic rings. The van der Waals surface area contributed by atoms with Gasteiger partial charge in [-0.05, 0) is 25.1 Å². The van der Waals surface area contributed by atoms with Crippen LogP contribution in [0.3, 0.4) is 0 Å². The van der Waals surface area contributed by atoms with Gasteiger partial charge in [-0.1, -0.05) is 11.6 Å². The number of carbonyl (C=O) groups excluding carboxylic acids is 2. The third kappa shape index (κ3) is 4.73. The molecule has 0 spiro atoms. The van der Waals surface area contributed by atoms with E-state index in [4.69, 9.17) is 5.73 Å². The second kappa shape index (κ2) is 8.34. The van der Waals surface area contributed by atoms with Crippen molar-refractivity contribution < 1.29 is 22.8 Å². The molecule has 2 aromatic heterocycles. The molecule has 2 N–H and O–H groups in total. The Bertz CT molecular complexity index is 1220. The standard InChI is InChI=1S/C21H22F3N7O2/c1-12-3-4-16-14(7-12)18(28-31(16)10-17(32)29(2)11-21(22,23)24)13-8-30(9-13)19(33)15-5-6-26-20(25)27-15/h3-7,13H,8-11H2,1-2H3,(H2,25,26,27). The summed E-state index contributed by atoms with van der Waals surface area (Å²) in [7, 11) is 1.11. The lowest BCUT2D eigenvalue weighted by atomic mass is 9.93. The van der Waals surface area contributed by atoms with Gasteiger partial charge in [0.15, 0.2) is 0 Å². The van der Waals surface area contributed by atoms with Crippen LogP contribution in [0.15, 0.2) is 30.5 Å². The second-order valence-corrected chi connectivity index (χ2v) is 8.14. The van der Waals surface area contributed by atoms with Gasteiger partial charge in [-0.2, -0.15) is 18.3 Å². The van der Waals surface area contributed by atoms with Crippen molar-refractivity contribution in [2.75, 3.05) is 32.4 Å². The van der Waals surface area contributed by atoms with E-state index in [2.05, 4.69) is 15.1 Å². The first kappa shape index (κ1) is 22.5. The summed E-state index contributed by atoms with van der Waals surface area (Å²) in [6.45, 7) is 1.06. The summed E-state index contributed by atoms with van der Waals surface area (Å²) >= 11 is 0. The van der Waals surface area contributed by atoms with Crippen LogP contribution in [0.4, 0.5) is 19.1 Å². The number of halogens is 3. The van der Waals surface area contributed by atoms with Crippen LogP contribution in [0.5, 0.6) is 0 Å². The molecule has 0 bridgehead atoms. The van der Waals surface area contributed by atoms with E-state index in [1.165, 1.54) is 16.9 Å². The molecule has 1 fully saturated rings. The maximum Gasteiger partial charge on any atom is 0.406 e. The van der Waals surface area contributed by atoms with E-state index in [1.54, 1.807) is 11.0 Å². The lowest BCUT2D eigenvalue weighted by Gasteiger charge is -2.38. The van der Waals surface area contributed by atoms with Crippen molar-refractivity contribution in [3.05, 3.63) is 47.4 Å². The van der Waals surface area contributed by atoms with Crippen molar-refractivity contribution in [2.24, 2.45) is 0 Å². The van der Waals surface area contributed by atoms with Crippen LogP contribution in [0.1, 0.15) is 27.7 Å². The van der Waals surface area contributed by atoms with Crippen LogP contribution in [-0.4, -0.2) is 74.2 Å². The fourth-order valence-corrected chi connectivity index (χ4v) is 3.82. The Morgan fingerprint density at radius 2 is 1.97 bits per heavy atom. The number of amides is 2. The minimum atomic E-state index is -4.48. The Morgan fingerprint density at radius 3 is 2.64 bits per heavy atom. The number of nitrogens with two attached hydrogens (primary N) is 1. The van der Waals surface area contributed by atoms with E-state index >= 15 is 0 Å². The normalized spacial score (nSPS) is 14.4. The molecule has 1 aliphatic heterocycles. The molecular weight excluding hydrogens is 439 g/mol. The van der Waals surface area contributed by atoms with Gasteiger partial charge in [0.25, 0.3) is 5.91 Å². The fraction of sp³-hybridized carbons (Fsp3) is 0.381. The van der Waals surface area contributed by atoms with Gasteiger partial charge in [-0.3, -0.25) is 14.3 Å². The number of likely N-dealkylation sites (N-methyl/N-ethyl adjacent to an activating group) is 1. The summed E-state index contributed by atoms with van der Waals surface area (Å²) in [6, 6.07) is 7.06. The molecule has 0 radical (unpaired) electrons. The highest BCUT2D eigenvalue weighted by atomic mass is 19.4. The number of aryl methyl sites for hydroxylation is 1. The highest BCUT2D eigenvalue weighted by Gasteiger charge is 2.36. The molecule has 1 saturated heterocycles. The number of hydrogen-bond donors (Lipinski definition) is 1. The molecule has 33 heavy (non-hydrogen) atoms. The van der Waals surface area contributed by atoms with Gasteiger partial charge in [0.05, 0.1) is 11.2 Å². The van der Waals surface area contributed by atoms with Crippen molar-refractivity contribution in [1.29, 1.82) is 0 Å². The van der Waals surface area contributed by atoms with E-state index in [0.717, 1.165) is 18.0 Å². The Morgan fingerprint density at radius 1 is 1.24 bits per heavy atom. The number of nitrogen functional groups attached to an aromatic ring is 1. The van der Waals surface area contributed by atoms with E-state index in [1.807, 2.05) is 19.1 Å². The Balaban J connectivity index is 1.54. The van der Waals surface area contributed by atoms with Crippen LogP contribution in [0.25, 0.3) is 10.9 Å². The van der Waals surface area contributed by atoms with Crippen molar-refractivity contribution in [1.82, 2.24) is 29.5 Å². The third-order valence-electron chi connectivity index (χ3n) is 5.51. The van der Waals surface area contributed by atoms with Crippen LogP contribution in [0, 0.1) is 6.92 Å². The smallest absolute Gasteiger partial charge is 0.368 e. The number of hydrogen-bond acceptors (Lipinski definition) is 6. The predicted molar refractivity (Wildman–Crippen MR) is 113 cm³/mol. The molecule has 174 valence electrons. The van der Waals surface area contributed by atoms with Crippen LogP contribution in [-0.2, 0) is 11.3 Å². The molecule has 3 aromatic rings. The van der Waals surface area contributed by atoms with Gasteiger partial charge >= 0.3 is 6.18 Å². The van der Waals surface area contributed by atoms with E-state index < -0.39 is 18.6 Å². The maximum absolute atomic E-state index is 12.6. The van der Waals surface area contributed by atoms with Gasteiger partial charge in [0.2, 0.25) is 11.9 Å². The number of aromatic nitrogens is 4. The SMILES string of the molecule is Cc1ccc2c(c1)c(C1CN(C(=O)c3ccnc(N)n3)C1)nn2CC(=O)N(C)CC(F)(F)F. The largest absolute Gasteiger partial charge is 0.406 e. The Kier molecular flexibility index (Phi) is 5.68. The topological polar surface area (TPSA) is 110 Å². The van der Waals surface area contributed by atoms with Gasteiger partial charge in [0.1, 0.15) is 18.8 Å². The lowest BCUT2D eigenvalue weighted by Crippen LogP contribution is -2.49. The van der Waals surface area contributed by atoms with Crippen molar-refractivity contribution in [2.45, 2.75) is 25.6 Å². The summed E-state index contributed by atoms with van der Waals surface area (Å²) in [5.41, 5.74) is 8.08. The summed E-state index contributed by atoms with van der Waals surface area (Å²) in [6.07, 6.45) is -3.06. The highest BCUT2D eigenvalue weighted by molar-refractivity contribution is 5.93. The van der Waals surface area contributed by atoms with Crippen LogP contribution in [0.2, 0.25) is 0 Å². The molecule has 12 heteroatoms. The Hall–Kier alpha value is -3.70. The molecule has 3 heterocycles. The van der Waals surface area contributed by atoms with Crippen LogP contribution < -0.4 is 5.73 Å². The number of carbonyl (C=O) groups is 2. The zero-order valence-corrected chi connectivity index (χ0v) is 18.0. The fourth-order valence-electron chi connectivity index (χ4n) is 3.82. The van der Waals surface area contributed by atoms with E-state index in [0.29, 0.717) is 29.2 Å². The first-order valence-corrected chi connectivity index (χ1v) is 10.2.